The Morgan fingerprint density at radius 1 is 1.32 bits per heavy atom. The molecule has 1 N–H and O–H groups in total. The first-order valence-corrected chi connectivity index (χ1v) is 7.09. The second kappa shape index (κ2) is 6.84. The molecule has 22 heavy (non-hydrogen) atoms. The highest BCUT2D eigenvalue weighted by atomic mass is 16.6. The Labute approximate surface area is 129 Å². The first-order valence-electron chi connectivity index (χ1n) is 7.09. The molecule has 0 radical (unpaired) electrons. The van der Waals surface area contributed by atoms with Crippen LogP contribution in [-0.2, 0) is 0 Å². The molecule has 1 unspecified atom stereocenters. The Hall–Kier alpha value is -2.70. The van der Waals surface area contributed by atoms with E-state index >= 15 is 0 Å². The highest BCUT2D eigenvalue weighted by Crippen LogP contribution is 2.34. The molecule has 0 bridgehead atoms. The first kappa shape index (κ1) is 15.7. The highest BCUT2D eigenvalue weighted by molar-refractivity contribution is 5.75. The van der Waals surface area contributed by atoms with Gasteiger partial charge in [-0.05, 0) is 25.5 Å². The molecule has 116 valence electrons. The largest absolute Gasteiger partial charge is 0.362 e. The van der Waals surface area contributed by atoms with Gasteiger partial charge in [0, 0.05) is 18.8 Å². The van der Waals surface area contributed by atoms with Crippen LogP contribution in [0.2, 0.25) is 0 Å². The van der Waals surface area contributed by atoms with Crippen LogP contribution in [0.1, 0.15) is 20.3 Å². The predicted octanol–water partition coefficient (Wildman–Crippen LogP) is 3.36. The van der Waals surface area contributed by atoms with Crippen molar-refractivity contribution in [2.75, 3.05) is 17.3 Å². The van der Waals surface area contributed by atoms with Crippen LogP contribution >= 0.6 is 0 Å². The normalized spacial score (nSPS) is 11.8. The molecule has 0 spiro atoms. The van der Waals surface area contributed by atoms with Crippen LogP contribution in [0.5, 0.6) is 0 Å². The lowest BCUT2D eigenvalue weighted by molar-refractivity contribution is -0.383. The number of nitrogens with zero attached hydrogens (tertiary/aromatic N) is 4. The van der Waals surface area contributed by atoms with E-state index in [2.05, 4.69) is 15.3 Å². The summed E-state index contributed by atoms with van der Waals surface area (Å²) in [7, 11) is 1.75. The minimum absolute atomic E-state index is 0.0866. The van der Waals surface area contributed by atoms with Gasteiger partial charge in [-0.15, -0.1) is 0 Å². The van der Waals surface area contributed by atoms with Crippen molar-refractivity contribution in [3.05, 3.63) is 46.8 Å². The number of hydrogen-bond donors (Lipinski definition) is 1. The van der Waals surface area contributed by atoms with E-state index in [9.17, 15) is 10.1 Å². The van der Waals surface area contributed by atoms with Gasteiger partial charge in [-0.3, -0.25) is 10.1 Å². The topological polar surface area (TPSA) is 84.2 Å². The van der Waals surface area contributed by atoms with Crippen molar-refractivity contribution in [3.8, 4) is 0 Å². The fourth-order valence-corrected chi connectivity index (χ4v) is 2.00. The summed E-state index contributed by atoms with van der Waals surface area (Å²) in [6, 6.07) is 9.46. The van der Waals surface area contributed by atoms with E-state index < -0.39 is 4.92 Å². The molecular weight excluding hydrogens is 282 g/mol. The van der Waals surface area contributed by atoms with E-state index in [0.29, 0.717) is 0 Å². The van der Waals surface area contributed by atoms with Crippen LogP contribution in [0.3, 0.4) is 0 Å². The molecule has 0 fully saturated rings. The van der Waals surface area contributed by atoms with Gasteiger partial charge < -0.3 is 10.2 Å². The Morgan fingerprint density at radius 2 is 2.00 bits per heavy atom. The predicted molar refractivity (Wildman–Crippen MR) is 86.6 cm³/mol. The summed E-state index contributed by atoms with van der Waals surface area (Å²) in [5, 5.41) is 14.6. The highest BCUT2D eigenvalue weighted by Gasteiger charge is 2.26. The molecule has 1 atom stereocenters. The average Bonchev–Trinajstić information content (AvgIpc) is 2.54. The summed E-state index contributed by atoms with van der Waals surface area (Å²) < 4.78 is 0. The third-order valence-corrected chi connectivity index (χ3v) is 3.44. The molecule has 2 rings (SSSR count). The number of para-hydroxylation sites is 1. The van der Waals surface area contributed by atoms with Gasteiger partial charge in [0.1, 0.15) is 6.33 Å². The second-order valence-electron chi connectivity index (χ2n) is 5.00. The summed E-state index contributed by atoms with van der Waals surface area (Å²) in [4.78, 5) is 20.9. The third kappa shape index (κ3) is 3.30. The Bertz CT molecular complexity index is 648. The van der Waals surface area contributed by atoms with Crippen LogP contribution in [-0.4, -0.2) is 28.0 Å². The summed E-state index contributed by atoms with van der Waals surface area (Å²) >= 11 is 0. The summed E-state index contributed by atoms with van der Waals surface area (Å²) in [5.41, 5.74) is 0.702. The van der Waals surface area contributed by atoms with Crippen molar-refractivity contribution < 1.29 is 4.92 Å². The zero-order valence-corrected chi connectivity index (χ0v) is 12.9. The van der Waals surface area contributed by atoms with E-state index in [4.69, 9.17) is 0 Å². The molecular formula is C15H19N5O2. The van der Waals surface area contributed by atoms with Crippen LogP contribution in [0.25, 0.3) is 0 Å². The number of aromatic nitrogens is 2. The number of nitro groups is 1. The van der Waals surface area contributed by atoms with Crippen LogP contribution < -0.4 is 10.2 Å². The smallest absolute Gasteiger partial charge is 0.353 e. The van der Waals surface area contributed by atoms with E-state index in [1.807, 2.05) is 44.2 Å². The van der Waals surface area contributed by atoms with E-state index in [-0.39, 0.29) is 23.4 Å². The summed E-state index contributed by atoms with van der Waals surface area (Å²) in [6.07, 6.45) is 2.18. The van der Waals surface area contributed by atoms with Gasteiger partial charge in [0.15, 0.2) is 0 Å². The second-order valence-corrected chi connectivity index (χ2v) is 5.00. The van der Waals surface area contributed by atoms with Crippen LogP contribution in [0.15, 0.2) is 36.7 Å². The molecule has 7 heteroatoms. The Morgan fingerprint density at radius 3 is 2.59 bits per heavy atom. The maximum Gasteiger partial charge on any atom is 0.353 e. The quantitative estimate of drug-likeness (QED) is 0.650. The van der Waals surface area contributed by atoms with Crippen molar-refractivity contribution in [1.82, 2.24) is 9.97 Å². The molecule has 0 saturated carbocycles. The van der Waals surface area contributed by atoms with Gasteiger partial charge in [0.2, 0.25) is 11.6 Å². The molecule has 7 nitrogen and oxygen atoms in total. The lowest BCUT2D eigenvalue weighted by atomic mass is 10.2. The maximum absolute atomic E-state index is 11.5. The van der Waals surface area contributed by atoms with Crippen molar-refractivity contribution in [3.63, 3.8) is 0 Å². The van der Waals surface area contributed by atoms with E-state index in [0.717, 1.165) is 12.1 Å². The SMILES string of the molecule is CCC(C)Nc1ncnc(N(C)c2ccccc2)c1[N+](=O)[O-]. The minimum Gasteiger partial charge on any atom is -0.362 e. The van der Waals surface area contributed by atoms with Crippen molar-refractivity contribution in [1.29, 1.82) is 0 Å². The molecule has 0 saturated heterocycles. The van der Waals surface area contributed by atoms with Gasteiger partial charge >= 0.3 is 5.69 Å². The lowest BCUT2D eigenvalue weighted by Gasteiger charge is -2.19. The van der Waals surface area contributed by atoms with Gasteiger partial charge in [0.25, 0.3) is 0 Å². The zero-order chi connectivity index (χ0) is 16.1. The van der Waals surface area contributed by atoms with Gasteiger partial charge in [-0.1, -0.05) is 25.1 Å². The van der Waals surface area contributed by atoms with E-state index in [1.54, 1.807) is 11.9 Å². The number of rotatable bonds is 6. The fraction of sp³-hybridized carbons (Fsp3) is 0.333. The molecule has 2 aromatic rings. The number of anilines is 3. The minimum atomic E-state index is -0.445. The van der Waals surface area contributed by atoms with Crippen molar-refractivity contribution in [2.45, 2.75) is 26.3 Å². The monoisotopic (exact) mass is 301 g/mol. The van der Waals surface area contributed by atoms with Crippen molar-refractivity contribution >= 4 is 23.0 Å². The molecule has 0 amide bonds. The van der Waals surface area contributed by atoms with Gasteiger partial charge in [0.05, 0.1) is 4.92 Å². The summed E-state index contributed by atoms with van der Waals surface area (Å²) in [5.74, 6) is 0.504. The Kier molecular flexibility index (Phi) is 4.88. The molecule has 1 heterocycles. The molecule has 0 aliphatic carbocycles. The third-order valence-electron chi connectivity index (χ3n) is 3.44. The fourth-order valence-electron chi connectivity index (χ4n) is 2.00. The number of hydrogen-bond acceptors (Lipinski definition) is 6. The van der Waals surface area contributed by atoms with E-state index in [1.165, 1.54) is 6.33 Å². The maximum atomic E-state index is 11.5. The van der Waals surface area contributed by atoms with Crippen molar-refractivity contribution in [2.24, 2.45) is 0 Å². The summed E-state index contributed by atoms with van der Waals surface area (Å²) in [6.45, 7) is 3.95. The molecule has 0 aliphatic heterocycles. The Balaban J connectivity index is 2.47. The molecule has 0 aliphatic rings. The lowest BCUT2D eigenvalue weighted by Crippen LogP contribution is -2.19. The molecule has 1 aromatic heterocycles. The van der Waals surface area contributed by atoms with Crippen LogP contribution in [0, 0.1) is 10.1 Å². The number of benzene rings is 1. The van der Waals surface area contributed by atoms with Gasteiger partial charge in [-0.25, -0.2) is 9.97 Å². The average molecular weight is 301 g/mol. The standard InChI is InChI=1S/C15H19N5O2/c1-4-11(2)18-14-13(20(21)22)15(17-10-16-14)19(3)12-8-6-5-7-9-12/h5-11H,4H2,1-3H3,(H,16,17,18). The van der Waals surface area contributed by atoms with Crippen LogP contribution in [0.4, 0.5) is 23.0 Å². The first-order chi connectivity index (χ1) is 10.5. The molecule has 1 aromatic carbocycles. The number of nitrogens with one attached hydrogen (secondary N) is 1. The van der Waals surface area contributed by atoms with Gasteiger partial charge in [-0.2, -0.15) is 0 Å². The zero-order valence-electron chi connectivity index (χ0n) is 12.9.